The highest BCUT2D eigenvalue weighted by atomic mass is 16.5. The predicted octanol–water partition coefficient (Wildman–Crippen LogP) is 3.33. The molecule has 3 N–H and O–H groups in total. The Morgan fingerprint density at radius 3 is 2.60 bits per heavy atom. The Morgan fingerprint density at radius 2 is 1.87 bits per heavy atom. The number of carbonyl (C=O) groups excluding carboxylic acids is 2. The minimum absolute atomic E-state index is 0.0351. The highest BCUT2D eigenvalue weighted by Gasteiger charge is 2.46. The Hall–Kier alpha value is -3.58. The number of likely N-dealkylation sites (tertiary alicyclic amines) is 1. The average molecular weight is 406 g/mol. The van der Waals surface area contributed by atoms with Crippen LogP contribution in [0, 0.1) is 0 Å². The molecule has 1 aromatic heterocycles. The largest absolute Gasteiger partial charge is 0.508 e. The molecular weight excluding hydrogens is 384 g/mol. The maximum absolute atomic E-state index is 13.0. The van der Waals surface area contributed by atoms with E-state index in [1.165, 1.54) is 17.0 Å². The number of benzene rings is 2. The molecule has 7 nitrogen and oxygen atoms in total. The van der Waals surface area contributed by atoms with Crippen LogP contribution < -0.4 is 0 Å². The number of Topliss-reactive ketones (excluding diaryl/α,β-unsaturated/α-hetero) is 1. The van der Waals surface area contributed by atoms with Crippen LogP contribution in [0.1, 0.15) is 23.6 Å². The molecule has 3 aromatic rings. The SMILES string of the molecule is COCCCN1C(=O)C(=O)/C(=C(\O)c2c[nH]c3ccccc23)C1c1ccc(O)cc1. The van der Waals surface area contributed by atoms with E-state index in [1.54, 1.807) is 25.4 Å². The summed E-state index contributed by atoms with van der Waals surface area (Å²) in [5.74, 6) is -1.54. The topological polar surface area (TPSA) is 103 Å². The fourth-order valence-corrected chi connectivity index (χ4v) is 3.91. The lowest BCUT2D eigenvalue weighted by Gasteiger charge is -2.25. The number of amides is 1. The van der Waals surface area contributed by atoms with Crippen molar-refractivity contribution in [1.29, 1.82) is 0 Å². The van der Waals surface area contributed by atoms with Gasteiger partial charge in [0.2, 0.25) is 0 Å². The summed E-state index contributed by atoms with van der Waals surface area (Å²) in [5.41, 5.74) is 1.94. The molecule has 1 atom stereocenters. The quantitative estimate of drug-likeness (QED) is 0.252. The molecule has 1 saturated heterocycles. The van der Waals surface area contributed by atoms with Gasteiger partial charge in [0.15, 0.2) is 0 Å². The number of hydrogen-bond donors (Lipinski definition) is 3. The number of ether oxygens (including phenoxy) is 1. The zero-order chi connectivity index (χ0) is 21.3. The standard InChI is InChI=1S/C23H22N2O5/c1-30-12-4-11-25-20(14-7-9-15(26)10-8-14)19(22(28)23(25)29)21(27)17-13-24-18-6-3-2-5-16(17)18/h2-3,5-10,13,20,24,26-27H,4,11-12H2,1H3/b21-19-. The van der Waals surface area contributed by atoms with Gasteiger partial charge in [-0.3, -0.25) is 9.59 Å². The second-order valence-corrected chi connectivity index (χ2v) is 7.18. The summed E-state index contributed by atoms with van der Waals surface area (Å²) < 4.78 is 5.08. The molecule has 7 heteroatoms. The van der Waals surface area contributed by atoms with Crippen LogP contribution in [0.15, 0.2) is 60.3 Å². The third kappa shape index (κ3) is 3.33. The number of aliphatic hydroxyl groups excluding tert-OH is 1. The molecule has 2 aromatic carbocycles. The number of methoxy groups -OCH3 is 1. The molecule has 0 aliphatic carbocycles. The van der Waals surface area contributed by atoms with Crippen molar-refractivity contribution in [2.24, 2.45) is 0 Å². The van der Waals surface area contributed by atoms with E-state index in [0.717, 1.165) is 10.9 Å². The van der Waals surface area contributed by atoms with E-state index in [1.807, 2.05) is 24.3 Å². The first-order valence-corrected chi connectivity index (χ1v) is 9.65. The Balaban J connectivity index is 1.86. The molecule has 1 unspecified atom stereocenters. The van der Waals surface area contributed by atoms with E-state index in [2.05, 4.69) is 4.98 Å². The fourth-order valence-electron chi connectivity index (χ4n) is 3.91. The summed E-state index contributed by atoms with van der Waals surface area (Å²) in [6.07, 6.45) is 2.18. The number of aliphatic hydroxyl groups is 1. The first kappa shape index (κ1) is 19.7. The van der Waals surface area contributed by atoms with Crippen molar-refractivity contribution >= 4 is 28.4 Å². The van der Waals surface area contributed by atoms with Crippen LogP contribution in [-0.2, 0) is 14.3 Å². The summed E-state index contributed by atoms with van der Waals surface area (Å²) in [6.45, 7) is 0.738. The molecule has 1 amide bonds. The lowest BCUT2D eigenvalue weighted by molar-refractivity contribution is -0.140. The number of fused-ring (bicyclic) bond motifs is 1. The van der Waals surface area contributed by atoms with E-state index < -0.39 is 17.7 Å². The highest BCUT2D eigenvalue weighted by molar-refractivity contribution is 6.46. The maximum atomic E-state index is 13.0. The van der Waals surface area contributed by atoms with Crippen LogP contribution >= 0.6 is 0 Å². The summed E-state index contributed by atoms with van der Waals surface area (Å²) in [4.78, 5) is 30.3. The molecule has 1 aliphatic rings. The fraction of sp³-hybridized carbons (Fsp3) is 0.217. The molecule has 154 valence electrons. The van der Waals surface area contributed by atoms with Crippen LogP contribution in [0.2, 0.25) is 0 Å². The number of phenolic OH excluding ortho intramolecular Hbond substituents is 1. The van der Waals surface area contributed by atoms with Crippen LogP contribution in [-0.4, -0.2) is 52.0 Å². The van der Waals surface area contributed by atoms with Gasteiger partial charge in [-0.1, -0.05) is 30.3 Å². The number of nitrogens with one attached hydrogen (secondary N) is 1. The minimum Gasteiger partial charge on any atom is -0.508 e. The zero-order valence-electron chi connectivity index (χ0n) is 16.5. The zero-order valence-corrected chi connectivity index (χ0v) is 16.5. The number of aromatic hydroxyl groups is 1. The number of nitrogens with zero attached hydrogens (tertiary/aromatic N) is 1. The molecule has 0 radical (unpaired) electrons. The van der Waals surface area contributed by atoms with Crippen molar-refractivity contribution in [3.8, 4) is 5.75 Å². The molecule has 2 heterocycles. The summed E-state index contributed by atoms with van der Waals surface area (Å²) in [7, 11) is 1.57. The van der Waals surface area contributed by atoms with Gasteiger partial charge in [-0.2, -0.15) is 0 Å². The van der Waals surface area contributed by atoms with Crippen LogP contribution in [0.5, 0.6) is 5.75 Å². The van der Waals surface area contributed by atoms with E-state index in [4.69, 9.17) is 4.74 Å². The predicted molar refractivity (Wildman–Crippen MR) is 112 cm³/mol. The second-order valence-electron chi connectivity index (χ2n) is 7.18. The number of rotatable bonds is 6. The number of hydrogen-bond acceptors (Lipinski definition) is 5. The number of aromatic amines is 1. The van der Waals surface area contributed by atoms with Gasteiger partial charge in [-0.05, 0) is 30.2 Å². The molecule has 0 spiro atoms. The van der Waals surface area contributed by atoms with Gasteiger partial charge in [0, 0.05) is 42.9 Å². The lowest BCUT2D eigenvalue weighted by atomic mass is 9.95. The van der Waals surface area contributed by atoms with Gasteiger partial charge >= 0.3 is 0 Å². The third-order valence-electron chi connectivity index (χ3n) is 5.34. The van der Waals surface area contributed by atoms with E-state index in [9.17, 15) is 19.8 Å². The highest BCUT2D eigenvalue weighted by Crippen LogP contribution is 2.40. The molecule has 4 rings (SSSR count). The number of H-pyrrole nitrogens is 1. The monoisotopic (exact) mass is 406 g/mol. The summed E-state index contributed by atoms with van der Waals surface area (Å²) in [6, 6.07) is 13.0. The Morgan fingerprint density at radius 1 is 1.13 bits per heavy atom. The number of phenols is 1. The van der Waals surface area contributed by atoms with Crippen molar-refractivity contribution in [1.82, 2.24) is 9.88 Å². The Kier molecular flexibility index (Phi) is 5.29. The van der Waals surface area contributed by atoms with Gasteiger partial charge in [0.25, 0.3) is 11.7 Å². The first-order valence-electron chi connectivity index (χ1n) is 9.65. The molecule has 1 fully saturated rings. The van der Waals surface area contributed by atoms with Crippen molar-refractivity contribution in [3.63, 3.8) is 0 Å². The van der Waals surface area contributed by atoms with Crippen LogP contribution in [0.4, 0.5) is 0 Å². The molecule has 0 saturated carbocycles. The smallest absolute Gasteiger partial charge is 0.295 e. The van der Waals surface area contributed by atoms with E-state index in [-0.39, 0.29) is 17.1 Å². The number of carbonyl (C=O) groups is 2. The van der Waals surface area contributed by atoms with Gasteiger partial charge in [-0.15, -0.1) is 0 Å². The normalized spacial score (nSPS) is 18.4. The maximum Gasteiger partial charge on any atom is 0.295 e. The second kappa shape index (κ2) is 8.04. The number of aromatic nitrogens is 1. The van der Waals surface area contributed by atoms with Crippen LogP contribution in [0.3, 0.4) is 0 Å². The average Bonchev–Trinajstić information content (AvgIpc) is 3.29. The van der Waals surface area contributed by atoms with E-state index in [0.29, 0.717) is 30.7 Å². The van der Waals surface area contributed by atoms with Gasteiger partial charge in [0.05, 0.1) is 11.6 Å². The molecular formula is C23H22N2O5. The summed E-state index contributed by atoms with van der Waals surface area (Å²) in [5, 5.41) is 21.6. The Bertz CT molecular complexity index is 1130. The first-order chi connectivity index (χ1) is 14.5. The van der Waals surface area contributed by atoms with Crippen molar-refractivity contribution in [3.05, 3.63) is 71.4 Å². The van der Waals surface area contributed by atoms with Gasteiger partial charge in [-0.25, -0.2) is 0 Å². The van der Waals surface area contributed by atoms with E-state index >= 15 is 0 Å². The number of para-hydroxylation sites is 1. The molecule has 30 heavy (non-hydrogen) atoms. The van der Waals surface area contributed by atoms with Crippen molar-refractivity contribution < 1.29 is 24.5 Å². The molecule has 0 bridgehead atoms. The van der Waals surface area contributed by atoms with Crippen molar-refractivity contribution in [2.75, 3.05) is 20.3 Å². The minimum atomic E-state index is -0.754. The lowest BCUT2D eigenvalue weighted by Crippen LogP contribution is -2.31. The molecule has 1 aliphatic heterocycles. The van der Waals surface area contributed by atoms with Crippen molar-refractivity contribution in [2.45, 2.75) is 12.5 Å². The third-order valence-corrected chi connectivity index (χ3v) is 5.34. The number of ketones is 1. The van der Waals surface area contributed by atoms with Gasteiger partial charge < -0.3 is 24.8 Å². The Labute approximate surface area is 173 Å². The van der Waals surface area contributed by atoms with Crippen LogP contribution in [0.25, 0.3) is 16.7 Å². The van der Waals surface area contributed by atoms with Gasteiger partial charge in [0.1, 0.15) is 11.5 Å². The summed E-state index contributed by atoms with van der Waals surface area (Å²) >= 11 is 0.